The number of rotatable bonds is 7. The molecule has 0 fully saturated rings. The minimum Gasteiger partial charge on any atom is -0.494 e. The Balaban J connectivity index is 1.84. The zero-order valence-corrected chi connectivity index (χ0v) is 16.0. The van der Waals surface area contributed by atoms with Crippen LogP contribution in [0.15, 0.2) is 48.5 Å². The van der Waals surface area contributed by atoms with Crippen molar-refractivity contribution >= 4 is 32.6 Å². The van der Waals surface area contributed by atoms with Gasteiger partial charge in [-0.25, -0.2) is 4.98 Å². The van der Waals surface area contributed by atoms with Crippen molar-refractivity contribution in [1.29, 1.82) is 0 Å². The van der Waals surface area contributed by atoms with Gasteiger partial charge in [0.1, 0.15) is 11.8 Å². The number of fused-ring (bicyclic) bond motifs is 1. The number of ether oxygens (including phenoxy) is 1. The molecule has 136 valence electrons. The second-order valence-electron chi connectivity index (χ2n) is 5.96. The molecular formula is C20H23N3O2S. The predicted molar refractivity (Wildman–Crippen MR) is 107 cm³/mol. The lowest BCUT2D eigenvalue weighted by molar-refractivity contribution is -0.121. The molecule has 1 heterocycles. The van der Waals surface area contributed by atoms with E-state index in [2.05, 4.69) is 10.3 Å². The Labute approximate surface area is 157 Å². The van der Waals surface area contributed by atoms with E-state index in [4.69, 9.17) is 4.74 Å². The highest BCUT2D eigenvalue weighted by molar-refractivity contribution is 7.22. The molecule has 6 heteroatoms. The van der Waals surface area contributed by atoms with Crippen LogP contribution in [0.2, 0.25) is 0 Å². The van der Waals surface area contributed by atoms with Crippen LogP contribution in [0.5, 0.6) is 5.75 Å². The summed E-state index contributed by atoms with van der Waals surface area (Å²) in [5, 5.41) is 3.58. The zero-order chi connectivity index (χ0) is 18.5. The lowest BCUT2D eigenvalue weighted by Gasteiger charge is -2.25. The van der Waals surface area contributed by atoms with Gasteiger partial charge in [0.25, 0.3) is 0 Å². The van der Waals surface area contributed by atoms with Gasteiger partial charge in [0.05, 0.1) is 16.8 Å². The van der Waals surface area contributed by atoms with Gasteiger partial charge < -0.3 is 10.1 Å². The number of nitrogens with one attached hydrogen (secondary N) is 1. The Morgan fingerprint density at radius 3 is 2.69 bits per heavy atom. The van der Waals surface area contributed by atoms with Gasteiger partial charge in [0.2, 0.25) is 5.91 Å². The van der Waals surface area contributed by atoms with Gasteiger partial charge in [0, 0.05) is 0 Å². The number of likely N-dealkylation sites (N-methyl/N-ethyl adjacent to an activating group) is 1. The van der Waals surface area contributed by atoms with Gasteiger partial charge in [-0.1, -0.05) is 48.6 Å². The average molecular weight is 369 g/mol. The third-order valence-electron chi connectivity index (χ3n) is 4.20. The summed E-state index contributed by atoms with van der Waals surface area (Å²) in [6.45, 7) is 5.38. The van der Waals surface area contributed by atoms with Crippen LogP contribution in [0.25, 0.3) is 10.2 Å². The average Bonchev–Trinajstić information content (AvgIpc) is 3.04. The Morgan fingerprint density at radius 1 is 1.23 bits per heavy atom. The van der Waals surface area contributed by atoms with Crippen molar-refractivity contribution in [3.05, 3.63) is 54.1 Å². The SMILES string of the molecule is CCOc1ccc2nc(NC(=O)C(c3ccccc3)N(C)CC)sc2c1. The summed E-state index contributed by atoms with van der Waals surface area (Å²) in [5.74, 6) is 0.735. The van der Waals surface area contributed by atoms with Crippen molar-refractivity contribution in [2.45, 2.75) is 19.9 Å². The Kier molecular flexibility index (Phi) is 5.85. The summed E-state index contributed by atoms with van der Waals surface area (Å²) in [4.78, 5) is 19.5. The number of carbonyl (C=O) groups excluding carboxylic acids is 1. The molecule has 26 heavy (non-hydrogen) atoms. The maximum Gasteiger partial charge on any atom is 0.248 e. The monoisotopic (exact) mass is 369 g/mol. The van der Waals surface area contributed by atoms with Crippen molar-refractivity contribution in [1.82, 2.24) is 9.88 Å². The molecule has 0 saturated carbocycles. The lowest BCUT2D eigenvalue weighted by Crippen LogP contribution is -2.34. The highest BCUT2D eigenvalue weighted by atomic mass is 32.1. The van der Waals surface area contributed by atoms with Gasteiger partial charge in [-0.05, 0) is 44.3 Å². The van der Waals surface area contributed by atoms with E-state index in [1.807, 2.05) is 74.3 Å². The zero-order valence-electron chi connectivity index (χ0n) is 15.2. The third-order valence-corrected chi connectivity index (χ3v) is 5.14. The molecule has 1 unspecified atom stereocenters. The van der Waals surface area contributed by atoms with Crippen molar-refractivity contribution in [2.75, 3.05) is 25.5 Å². The minimum atomic E-state index is -0.354. The normalized spacial score (nSPS) is 12.3. The van der Waals surface area contributed by atoms with Gasteiger partial charge in [-0.2, -0.15) is 0 Å². The standard InChI is InChI=1S/C20H23N3O2S/c1-4-23(3)18(14-9-7-6-8-10-14)19(24)22-20-21-16-12-11-15(25-5-2)13-17(16)26-20/h6-13,18H,4-5H2,1-3H3,(H,21,22,24). The molecule has 0 aliphatic heterocycles. The van der Waals surface area contributed by atoms with Crippen LogP contribution in [0.3, 0.4) is 0 Å². The molecule has 0 radical (unpaired) electrons. The van der Waals surface area contributed by atoms with Gasteiger partial charge in [-0.3, -0.25) is 9.69 Å². The number of hydrogen-bond donors (Lipinski definition) is 1. The van der Waals surface area contributed by atoms with E-state index in [0.717, 1.165) is 28.1 Å². The second-order valence-corrected chi connectivity index (χ2v) is 6.99. The minimum absolute atomic E-state index is 0.0790. The Hall–Kier alpha value is -2.44. The first-order valence-corrected chi connectivity index (χ1v) is 9.53. The number of amides is 1. The first-order valence-electron chi connectivity index (χ1n) is 8.71. The van der Waals surface area contributed by atoms with E-state index in [0.29, 0.717) is 11.7 Å². The smallest absolute Gasteiger partial charge is 0.248 e. The first kappa shape index (κ1) is 18.4. The number of hydrogen-bond acceptors (Lipinski definition) is 5. The molecule has 0 aliphatic rings. The van der Waals surface area contributed by atoms with E-state index >= 15 is 0 Å². The molecule has 5 nitrogen and oxygen atoms in total. The number of aromatic nitrogens is 1. The summed E-state index contributed by atoms with van der Waals surface area (Å²) in [5.41, 5.74) is 1.82. The van der Waals surface area contributed by atoms with Crippen molar-refractivity contribution in [2.24, 2.45) is 0 Å². The molecule has 3 aromatic rings. The van der Waals surface area contributed by atoms with E-state index in [1.165, 1.54) is 11.3 Å². The molecule has 1 amide bonds. The second kappa shape index (κ2) is 8.29. The fraction of sp³-hybridized carbons (Fsp3) is 0.300. The third kappa shape index (κ3) is 4.03. The summed E-state index contributed by atoms with van der Waals surface area (Å²) in [6, 6.07) is 15.2. The van der Waals surface area contributed by atoms with Crippen LogP contribution in [0.4, 0.5) is 5.13 Å². The quantitative estimate of drug-likeness (QED) is 0.674. The largest absolute Gasteiger partial charge is 0.494 e. The molecule has 0 aliphatic carbocycles. The van der Waals surface area contributed by atoms with Gasteiger partial charge in [-0.15, -0.1) is 0 Å². The van der Waals surface area contributed by atoms with Crippen LogP contribution in [-0.2, 0) is 4.79 Å². The molecule has 0 spiro atoms. The lowest BCUT2D eigenvalue weighted by atomic mass is 10.1. The number of nitrogens with zero attached hydrogens (tertiary/aromatic N) is 2. The maximum absolute atomic E-state index is 12.9. The van der Waals surface area contributed by atoms with Crippen molar-refractivity contribution in [3.63, 3.8) is 0 Å². The number of anilines is 1. The fourth-order valence-corrected chi connectivity index (χ4v) is 3.71. The summed E-state index contributed by atoms with van der Waals surface area (Å²) in [6.07, 6.45) is 0. The van der Waals surface area contributed by atoms with E-state index in [-0.39, 0.29) is 11.9 Å². The highest BCUT2D eigenvalue weighted by Crippen LogP contribution is 2.30. The van der Waals surface area contributed by atoms with Crippen LogP contribution in [0.1, 0.15) is 25.5 Å². The van der Waals surface area contributed by atoms with Gasteiger partial charge in [0.15, 0.2) is 5.13 Å². The van der Waals surface area contributed by atoms with E-state index in [9.17, 15) is 4.79 Å². The maximum atomic E-state index is 12.9. The Morgan fingerprint density at radius 2 is 2.00 bits per heavy atom. The predicted octanol–water partition coefficient (Wildman–Crippen LogP) is 4.33. The summed E-state index contributed by atoms with van der Waals surface area (Å²) < 4.78 is 6.52. The number of benzene rings is 2. The van der Waals surface area contributed by atoms with E-state index in [1.54, 1.807) is 0 Å². The molecular weight excluding hydrogens is 346 g/mol. The fourth-order valence-electron chi connectivity index (χ4n) is 2.81. The van der Waals surface area contributed by atoms with Crippen molar-refractivity contribution in [3.8, 4) is 5.75 Å². The molecule has 1 N–H and O–H groups in total. The van der Waals surface area contributed by atoms with Crippen LogP contribution >= 0.6 is 11.3 Å². The molecule has 3 rings (SSSR count). The highest BCUT2D eigenvalue weighted by Gasteiger charge is 2.25. The molecule has 1 atom stereocenters. The molecule has 1 aromatic heterocycles. The van der Waals surface area contributed by atoms with Crippen LogP contribution in [-0.4, -0.2) is 36.0 Å². The van der Waals surface area contributed by atoms with E-state index < -0.39 is 0 Å². The first-order chi connectivity index (χ1) is 12.6. The number of carbonyl (C=O) groups is 1. The molecule has 2 aromatic carbocycles. The Bertz CT molecular complexity index is 879. The summed E-state index contributed by atoms with van der Waals surface area (Å²) >= 11 is 1.46. The van der Waals surface area contributed by atoms with Crippen molar-refractivity contribution < 1.29 is 9.53 Å². The molecule has 0 saturated heterocycles. The molecule has 0 bridgehead atoms. The summed E-state index contributed by atoms with van der Waals surface area (Å²) in [7, 11) is 1.95. The van der Waals surface area contributed by atoms with Crippen LogP contribution in [0, 0.1) is 0 Å². The topological polar surface area (TPSA) is 54.5 Å². The van der Waals surface area contributed by atoms with Crippen LogP contribution < -0.4 is 10.1 Å². The number of thiazole rings is 1. The van der Waals surface area contributed by atoms with Gasteiger partial charge >= 0.3 is 0 Å².